The van der Waals surface area contributed by atoms with Crippen LogP contribution in [0.2, 0.25) is 0 Å². The molecule has 0 aliphatic heterocycles. The van der Waals surface area contributed by atoms with Crippen LogP contribution in [0.15, 0.2) is 24.3 Å². The molecule has 0 aliphatic carbocycles. The van der Waals surface area contributed by atoms with Crippen molar-refractivity contribution in [1.82, 2.24) is 0 Å². The molecule has 0 aliphatic rings. The smallest absolute Gasteiger partial charge is 0.309 e. The SMILES string of the molecule is CCC(C(=O)O)C(O)c1ccc(C(C)C)cc1. The predicted octanol–water partition coefficient (Wildman–Crippen LogP) is 2.95. The molecule has 1 aromatic carbocycles. The van der Waals surface area contributed by atoms with E-state index in [9.17, 15) is 9.90 Å². The number of aliphatic hydroxyl groups is 1. The minimum absolute atomic E-state index is 0.419. The second-order valence-corrected chi connectivity index (χ2v) is 4.62. The molecule has 0 aromatic heterocycles. The summed E-state index contributed by atoms with van der Waals surface area (Å²) in [5, 5.41) is 19.0. The Morgan fingerprint density at radius 2 is 1.65 bits per heavy atom. The van der Waals surface area contributed by atoms with Gasteiger partial charge in [0.2, 0.25) is 0 Å². The van der Waals surface area contributed by atoms with E-state index in [1.165, 1.54) is 5.56 Å². The van der Waals surface area contributed by atoms with Gasteiger partial charge in [-0.1, -0.05) is 45.0 Å². The molecule has 1 aromatic rings. The standard InChI is InChI=1S/C14H20O3/c1-4-12(14(16)17)13(15)11-7-5-10(6-8-11)9(2)3/h5-9,12-13,15H,4H2,1-3H3,(H,16,17). The van der Waals surface area contributed by atoms with Crippen LogP contribution in [-0.2, 0) is 4.79 Å². The molecule has 0 fully saturated rings. The molecule has 1 rings (SSSR count). The van der Waals surface area contributed by atoms with Gasteiger partial charge in [0.15, 0.2) is 0 Å². The fourth-order valence-corrected chi connectivity index (χ4v) is 1.84. The third-order valence-electron chi connectivity index (χ3n) is 3.08. The van der Waals surface area contributed by atoms with Gasteiger partial charge in [0.05, 0.1) is 12.0 Å². The lowest BCUT2D eigenvalue weighted by molar-refractivity contribution is -0.146. The largest absolute Gasteiger partial charge is 0.481 e. The number of aliphatic hydroxyl groups excluding tert-OH is 1. The van der Waals surface area contributed by atoms with E-state index in [-0.39, 0.29) is 0 Å². The van der Waals surface area contributed by atoms with Gasteiger partial charge in [0.25, 0.3) is 0 Å². The highest BCUT2D eigenvalue weighted by Crippen LogP contribution is 2.26. The molecule has 0 heterocycles. The van der Waals surface area contributed by atoms with Crippen molar-refractivity contribution in [3.63, 3.8) is 0 Å². The number of benzene rings is 1. The monoisotopic (exact) mass is 236 g/mol. The van der Waals surface area contributed by atoms with Gasteiger partial charge in [-0.3, -0.25) is 4.79 Å². The lowest BCUT2D eigenvalue weighted by Crippen LogP contribution is -2.21. The summed E-state index contributed by atoms with van der Waals surface area (Å²) in [7, 11) is 0. The fraction of sp³-hybridized carbons (Fsp3) is 0.500. The summed E-state index contributed by atoms with van der Waals surface area (Å²) in [6, 6.07) is 7.51. The highest BCUT2D eigenvalue weighted by Gasteiger charge is 2.25. The van der Waals surface area contributed by atoms with Gasteiger partial charge in [0.1, 0.15) is 0 Å². The van der Waals surface area contributed by atoms with E-state index in [1.54, 1.807) is 6.92 Å². The molecule has 0 saturated carbocycles. The zero-order chi connectivity index (χ0) is 13.0. The summed E-state index contributed by atoms with van der Waals surface area (Å²) < 4.78 is 0. The molecule has 17 heavy (non-hydrogen) atoms. The third kappa shape index (κ3) is 3.30. The first-order valence-electron chi connectivity index (χ1n) is 5.98. The molecule has 2 N–H and O–H groups in total. The molecule has 0 radical (unpaired) electrons. The first-order valence-corrected chi connectivity index (χ1v) is 5.98. The first-order chi connectivity index (χ1) is 7.97. The number of hydrogen-bond acceptors (Lipinski definition) is 2. The Bertz CT molecular complexity index is 368. The Hall–Kier alpha value is -1.35. The molecule has 0 spiro atoms. The molecule has 3 heteroatoms. The highest BCUT2D eigenvalue weighted by molar-refractivity contribution is 5.71. The van der Waals surface area contributed by atoms with Gasteiger partial charge in [-0.05, 0) is 23.5 Å². The van der Waals surface area contributed by atoms with Gasteiger partial charge in [0, 0.05) is 0 Å². The number of aliphatic carboxylic acids is 1. The summed E-state index contributed by atoms with van der Waals surface area (Å²) in [6.45, 7) is 5.96. The summed E-state index contributed by atoms with van der Waals surface area (Å²) in [6.07, 6.45) is -0.513. The van der Waals surface area contributed by atoms with Crippen LogP contribution in [0.4, 0.5) is 0 Å². The van der Waals surface area contributed by atoms with Crippen molar-refractivity contribution in [3.05, 3.63) is 35.4 Å². The number of rotatable bonds is 5. The maximum absolute atomic E-state index is 11.0. The summed E-state index contributed by atoms with van der Waals surface area (Å²) in [5.41, 5.74) is 1.85. The molecule has 3 nitrogen and oxygen atoms in total. The van der Waals surface area contributed by atoms with Crippen molar-refractivity contribution in [3.8, 4) is 0 Å². The van der Waals surface area contributed by atoms with E-state index in [4.69, 9.17) is 5.11 Å². The molecule has 2 unspecified atom stereocenters. The minimum atomic E-state index is -0.951. The van der Waals surface area contributed by atoms with Crippen LogP contribution >= 0.6 is 0 Å². The van der Waals surface area contributed by atoms with Crippen molar-refractivity contribution in [2.45, 2.75) is 39.2 Å². The van der Waals surface area contributed by atoms with Gasteiger partial charge in [-0.25, -0.2) is 0 Å². The Balaban J connectivity index is 2.88. The quantitative estimate of drug-likeness (QED) is 0.826. The topological polar surface area (TPSA) is 57.5 Å². The van der Waals surface area contributed by atoms with Gasteiger partial charge in [-0.15, -0.1) is 0 Å². The Kier molecular flexibility index (Phi) is 4.70. The van der Waals surface area contributed by atoms with Crippen LogP contribution in [-0.4, -0.2) is 16.2 Å². The zero-order valence-corrected chi connectivity index (χ0v) is 10.6. The van der Waals surface area contributed by atoms with Gasteiger partial charge in [-0.2, -0.15) is 0 Å². The Morgan fingerprint density at radius 1 is 1.18 bits per heavy atom. The van der Waals surface area contributed by atoms with Crippen LogP contribution in [0.25, 0.3) is 0 Å². The maximum atomic E-state index is 11.0. The van der Waals surface area contributed by atoms with E-state index < -0.39 is 18.0 Å². The number of carbonyl (C=O) groups is 1. The van der Waals surface area contributed by atoms with Crippen LogP contribution in [0.1, 0.15) is 50.3 Å². The average Bonchev–Trinajstić information content (AvgIpc) is 2.29. The zero-order valence-electron chi connectivity index (χ0n) is 10.6. The molecular weight excluding hydrogens is 216 g/mol. The summed E-state index contributed by atoms with van der Waals surface area (Å²) >= 11 is 0. The molecular formula is C14H20O3. The van der Waals surface area contributed by atoms with E-state index in [0.29, 0.717) is 17.9 Å². The summed E-state index contributed by atoms with van der Waals surface area (Å²) in [5.74, 6) is -1.25. The normalized spacial score (nSPS) is 14.6. The maximum Gasteiger partial charge on any atom is 0.309 e. The second-order valence-electron chi connectivity index (χ2n) is 4.62. The number of hydrogen-bond donors (Lipinski definition) is 2. The first kappa shape index (κ1) is 13.7. The Labute approximate surface area is 102 Å². The lowest BCUT2D eigenvalue weighted by Gasteiger charge is -2.18. The molecule has 0 bridgehead atoms. The predicted molar refractivity (Wildman–Crippen MR) is 66.9 cm³/mol. The molecule has 2 atom stereocenters. The Morgan fingerprint density at radius 3 is 2.00 bits per heavy atom. The van der Waals surface area contributed by atoms with Crippen molar-refractivity contribution >= 4 is 5.97 Å². The minimum Gasteiger partial charge on any atom is -0.481 e. The van der Waals surface area contributed by atoms with Gasteiger partial charge < -0.3 is 10.2 Å². The number of carboxylic acids is 1. The average molecular weight is 236 g/mol. The van der Waals surface area contributed by atoms with Crippen LogP contribution in [0.3, 0.4) is 0 Å². The highest BCUT2D eigenvalue weighted by atomic mass is 16.4. The number of carboxylic acid groups (broad SMARTS) is 1. The van der Waals surface area contributed by atoms with Crippen molar-refractivity contribution in [2.24, 2.45) is 5.92 Å². The van der Waals surface area contributed by atoms with Crippen LogP contribution in [0, 0.1) is 5.92 Å². The van der Waals surface area contributed by atoms with E-state index in [2.05, 4.69) is 13.8 Å². The fourth-order valence-electron chi connectivity index (χ4n) is 1.84. The second kappa shape index (κ2) is 5.82. The van der Waals surface area contributed by atoms with Gasteiger partial charge >= 0.3 is 5.97 Å². The molecule has 0 amide bonds. The van der Waals surface area contributed by atoms with E-state index >= 15 is 0 Å². The van der Waals surface area contributed by atoms with E-state index in [1.807, 2.05) is 24.3 Å². The summed E-state index contributed by atoms with van der Waals surface area (Å²) in [4.78, 5) is 11.0. The lowest BCUT2D eigenvalue weighted by atomic mass is 9.92. The molecule has 0 saturated heterocycles. The van der Waals surface area contributed by atoms with Crippen molar-refractivity contribution < 1.29 is 15.0 Å². The van der Waals surface area contributed by atoms with E-state index in [0.717, 1.165) is 0 Å². The third-order valence-corrected chi connectivity index (χ3v) is 3.08. The van der Waals surface area contributed by atoms with Crippen molar-refractivity contribution in [2.75, 3.05) is 0 Å². The van der Waals surface area contributed by atoms with Crippen LogP contribution in [0.5, 0.6) is 0 Å². The van der Waals surface area contributed by atoms with Crippen LogP contribution < -0.4 is 0 Å². The molecule has 94 valence electrons. The van der Waals surface area contributed by atoms with Crippen molar-refractivity contribution in [1.29, 1.82) is 0 Å².